The number of carbonyl (C=O) groups excluding carboxylic acids is 2. The summed E-state index contributed by atoms with van der Waals surface area (Å²) < 4.78 is 15.4. The number of benzene rings is 1. The van der Waals surface area contributed by atoms with Crippen LogP contribution in [0.1, 0.15) is 18.4 Å². The van der Waals surface area contributed by atoms with Crippen molar-refractivity contribution in [3.8, 4) is 11.5 Å². The number of hydrogen-bond donors (Lipinski definition) is 0. The van der Waals surface area contributed by atoms with Gasteiger partial charge in [-0.1, -0.05) is 6.07 Å². The Labute approximate surface area is 161 Å². The Bertz CT molecular complexity index is 641. The van der Waals surface area contributed by atoms with Crippen LogP contribution in [0, 0.1) is 5.92 Å². The summed E-state index contributed by atoms with van der Waals surface area (Å²) in [5.41, 5.74) is 1.13. The first kappa shape index (κ1) is 21.0. The van der Waals surface area contributed by atoms with Crippen LogP contribution in [0.5, 0.6) is 11.5 Å². The molecule has 1 fully saturated rings. The smallest absolute Gasteiger partial charge is 0.308 e. The molecule has 0 radical (unpaired) electrons. The van der Waals surface area contributed by atoms with Crippen LogP contribution in [0.25, 0.3) is 0 Å². The van der Waals surface area contributed by atoms with E-state index >= 15 is 0 Å². The first-order valence-electron chi connectivity index (χ1n) is 9.23. The molecule has 0 bridgehead atoms. The molecule has 1 aromatic rings. The molecule has 0 atom stereocenters. The molecule has 0 aliphatic carbocycles. The minimum Gasteiger partial charge on any atom is -0.493 e. The lowest BCUT2D eigenvalue weighted by atomic mass is 9.97. The summed E-state index contributed by atoms with van der Waals surface area (Å²) in [6.07, 6.45) is 2.16. The summed E-state index contributed by atoms with van der Waals surface area (Å²) in [6, 6.07) is 5.87. The number of hydrogen-bond acceptors (Lipinski definition) is 6. The van der Waals surface area contributed by atoms with Gasteiger partial charge in [0.1, 0.15) is 0 Å². The van der Waals surface area contributed by atoms with E-state index in [1.165, 1.54) is 7.11 Å². The van der Waals surface area contributed by atoms with Crippen molar-refractivity contribution in [3.05, 3.63) is 23.8 Å². The van der Waals surface area contributed by atoms with E-state index in [9.17, 15) is 9.59 Å². The van der Waals surface area contributed by atoms with Crippen LogP contribution in [0.15, 0.2) is 18.2 Å². The van der Waals surface area contributed by atoms with Crippen LogP contribution in [0.2, 0.25) is 0 Å². The Morgan fingerprint density at radius 3 is 2.37 bits per heavy atom. The maximum atomic E-state index is 12.5. The normalized spacial score (nSPS) is 14.9. The van der Waals surface area contributed by atoms with Gasteiger partial charge in [0, 0.05) is 19.6 Å². The second kappa shape index (κ2) is 10.2. The van der Waals surface area contributed by atoms with Crippen LogP contribution in [0.3, 0.4) is 0 Å². The second-order valence-electron chi connectivity index (χ2n) is 6.86. The van der Waals surface area contributed by atoms with E-state index in [-0.39, 0.29) is 17.8 Å². The van der Waals surface area contributed by atoms with Gasteiger partial charge in [-0.15, -0.1) is 0 Å². The maximum absolute atomic E-state index is 12.5. The number of carbonyl (C=O) groups is 2. The number of amides is 1. The van der Waals surface area contributed by atoms with Gasteiger partial charge >= 0.3 is 5.97 Å². The molecular formula is C20H30N2O5. The maximum Gasteiger partial charge on any atom is 0.308 e. The Morgan fingerprint density at radius 2 is 1.78 bits per heavy atom. The lowest BCUT2D eigenvalue weighted by molar-refractivity contribution is -0.149. The summed E-state index contributed by atoms with van der Waals surface area (Å²) in [5.74, 6) is 1.27. The number of esters is 1. The molecule has 0 spiro atoms. The number of methoxy groups -OCH3 is 3. The molecule has 0 aromatic heterocycles. The third-order valence-electron chi connectivity index (χ3n) is 5.02. The molecule has 1 aromatic carbocycles. The monoisotopic (exact) mass is 378 g/mol. The van der Waals surface area contributed by atoms with Crippen molar-refractivity contribution in [2.45, 2.75) is 19.3 Å². The highest BCUT2D eigenvalue weighted by atomic mass is 16.5. The summed E-state index contributed by atoms with van der Waals surface area (Å²) >= 11 is 0. The van der Waals surface area contributed by atoms with Crippen molar-refractivity contribution >= 4 is 11.9 Å². The van der Waals surface area contributed by atoms with Crippen molar-refractivity contribution in [1.82, 2.24) is 9.80 Å². The van der Waals surface area contributed by atoms with Crippen molar-refractivity contribution in [2.75, 3.05) is 54.6 Å². The van der Waals surface area contributed by atoms with E-state index in [0.29, 0.717) is 44.0 Å². The molecule has 1 saturated heterocycles. The fourth-order valence-electron chi connectivity index (χ4n) is 3.30. The van der Waals surface area contributed by atoms with Crippen LogP contribution in [-0.2, 0) is 20.7 Å². The highest BCUT2D eigenvalue weighted by molar-refractivity contribution is 5.79. The standard InChI is InChI=1S/C20H30N2O5/c1-21(10-7-15-5-6-17(25-2)18(13-15)26-3)14-19(23)22-11-8-16(9-12-22)20(24)27-4/h5-6,13,16H,7-12,14H2,1-4H3. The highest BCUT2D eigenvalue weighted by Gasteiger charge is 2.28. The van der Waals surface area contributed by atoms with E-state index in [1.807, 2.05) is 35.0 Å². The number of likely N-dealkylation sites (N-methyl/N-ethyl adjacent to an activating group) is 1. The van der Waals surface area contributed by atoms with Gasteiger partial charge in [-0.25, -0.2) is 0 Å². The summed E-state index contributed by atoms with van der Waals surface area (Å²) in [7, 11) is 6.59. The number of nitrogens with zero attached hydrogens (tertiary/aromatic N) is 2. The third-order valence-corrected chi connectivity index (χ3v) is 5.02. The van der Waals surface area contributed by atoms with Crippen molar-refractivity contribution in [2.24, 2.45) is 5.92 Å². The minimum atomic E-state index is -0.172. The molecule has 1 heterocycles. The van der Waals surface area contributed by atoms with Crippen molar-refractivity contribution in [3.63, 3.8) is 0 Å². The molecule has 7 heteroatoms. The van der Waals surface area contributed by atoms with Gasteiger partial charge in [0.05, 0.1) is 33.8 Å². The Balaban J connectivity index is 1.78. The lowest BCUT2D eigenvalue weighted by Gasteiger charge is -2.32. The topological polar surface area (TPSA) is 68.3 Å². The fourth-order valence-corrected chi connectivity index (χ4v) is 3.30. The molecule has 1 aliphatic heterocycles. The molecule has 1 amide bonds. The van der Waals surface area contributed by atoms with Crippen LogP contribution in [-0.4, -0.2) is 76.2 Å². The zero-order valence-corrected chi connectivity index (χ0v) is 16.7. The molecule has 0 N–H and O–H groups in total. The number of likely N-dealkylation sites (tertiary alicyclic amines) is 1. The van der Waals surface area contributed by atoms with Crippen molar-refractivity contribution < 1.29 is 23.8 Å². The summed E-state index contributed by atoms with van der Waals surface area (Å²) in [4.78, 5) is 27.9. The predicted molar refractivity (Wildman–Crippen MR) is 102 cm³/mol. The quantitative estimate of drug-likeness (QED) is 0.640. The van der Waals surface area contributed by atoms with Crippen LogP contribution in [0.4, 0.5) is 0 Å². The zero-order valence-electron chi connectivity index (χ0n) is 16.7. The Hall–Kier alpha value is -2.28. The first-order valence-corrected chi connectivity index (χ1v) is 9.23. The van der Waals surface area contributed by atoms with Gasteiger partial charge < -0.3 is 19.1 Å². The van der Waals surface area contributed by atoms with E-state index in [1.54, 1.807) is 14.2 Å². The van der Waals surface area contributed by atoms with Gasteiger partial charge in [-0.2, -0.15) is 0 Å². The molecule has 0 saturated carbocycles. The van der Waals surface area contributed by atoms with E-state index in [2.05, 4.69) is 0 Å². The molecule has 0 unspecified atom stereocenters. The fraction of sp³-hybridized carbons (Fsp3) is 0.600. The second-order valence-corrected chi connectivity index (χ2v) is 6.86. The van der Waals surface area contributed by atoms with Gasteiger partial charge in [0.2, 0.25) is 5.91 Å². The average Bonchev–Trinajstić information content (AvgIpc) is 2.71. The van der Waals surface area contributed by atoms with E-state index in [0.717, 1.165) is 18.5 Å². The Morgan fingerprint density at radius 1 is 1.11 bits per heavy atom. The Kier molecular flexibility index (Phi) is 7.91. The van der Waals surface area contributed by atoms with Crippen LogP contribution >= 0.6 is 0 Å². The van der Waals surface area contributed by atoms with Gasteiger partial charge in [-0.3, -0.25) is 14.5 Å². The van der Waals surface area contributed by atoms with Gasteiger partial charge in [0.15, 0.2) is 11.5 Å². The van der Waals surface area contributed by atoms with E-state index in [4.69, 9.17) is 14.2 Å². The average molecular weight is 378 g/mol. The summed E-state index contributed by atoms with van der Waals surface area (Å²) in [5, 5.41) is 0. The molecular weight excluding hydrogens is 348 g/mol. The number of ether oxygens (including phenoxy) is 3. The van der Waals surface area contributed by atoms with Gasteiger partial charge in [0.25, 0.3) is 0 Å². The zero-order chi connectivity index (χ0) is 19.8. The lowest BCUT2D eigenvalue weighted by Crippen LogP contribution is -2.44. The predicted octanol–water partition coefficient (Wildman–Crippen LogP) is 1.59. The molecule has 150 valence electrons. The summed E-state index contributed by atoms with van der Waals surface area (Å²) in [6.45, 7) is 2.36. The van der Waals surface area contributed by atoms with Crippen LogP contribution < -0.4 is 9.47 Å². The minimum absolute atomic E-state index is 0.0816. The largest absolute Gasteiger partial charge is 0.493 e. The SMILES string of the molecule is COC(=O)C1CCN(C(=O)CN(C)CCc2ccc(OC)c(OC)c2)CC1. The molecule has 7 nitrogen and oxygen atoms in total. The third kappa shape index (κ3) is 5.85. The molecule has 2 rings (SSSR count). The number of rotatable bonds is 8. The van der Waals surface area contributed by atoms with Gasteiger partial charge in [-0.05, 0) is 44.0 Å². The first-order chi connectivity index (χ1) is 13.0. The molecule has 1 aliphatic rings. The highest BCUT2D eigenvalue weighted by Crippen LogP contribution is 2.27. The number of piperidine rings is 1. The van der Waals surface area contributed by atoms with Crippen molar-refractivity contribution in [1.29, 1.82) is 0 Å². The molecule has 27 heavy (non-hydrogen) atoms. The van der Waals surface area contributed by atoms with E-state index < -0.39 is 0 Å².